The van der Waals surface area contributed by atoms with Crippen LogP contribution in [-0.4, -0.2) is 33.0 Å². The fraction of sp³-hybridized carbons (Fsp3) is 0.353. The monoisotopic (exact) mass is 380 g/mol. The molecule has 1 aromatic carbocycles. The quantitative estimate of drug-likeness (QED) is 0.709. The number of nitrogens with zero attached hydrogens (tertiary/aromatic N) is 3. The summed E-state index contributed by atoms with van der Waals surface area (Å²) in [6.07, 6.45) is 2.87. The van der Waals surface area contributed by atoms with Crippen molar-refractivity contribution in [1.29, 1.82) is 0 Å². The van der Waals surface area contributed by atoms with Crippen molar-refractivity contribution in [2.45, 2.75) is 25.3 Å². The summed E-state index contributed by atoms with van der Waals surface area (Å²) in [6.45, 7) is 1.23. The van der Waals surface area contributed by atoms with Crippen molar-refractivity contribution >= 4 is 22.6 Å². The smallest absolute Gasteiger partial charge is 0.262 e. The summed E-state index contributed by atoms with van der Waals surface area (Å²) in [5.41, 5.74) is -0.00822. The number of hydrogen-bond donors (Lipinski definition) is 1. The van der Waals surface area contributed by atoms with E-state index in [4.69, 9.17) is 16.3 Å². The molecule has 0 spiro atoms. The summed E-state index contributed by atoms with van der Waals surface area (Å²) in [6, 6.07) is 2.04. The van der Waals surface area contributed by atoms with Gasteiger partial charge in [0.15, 0.2) is 5.65 Å². The number of ether oxygens (including phenoxy) is 1. The van der Waals surface area contributed by atoms with Gasteiger partial charge in [-0.1, -0.05) is 11.6 Å². The molecule has 0 aliphatic carbocycles. The number of halogens is 3. The van der Waals surface area contributed by atoms with Crippen LogP contribution in [0.3, 0.4) is 0 Å². The van der Waals surface area contributed by atoms with E-state index in [2.05, 4.69) is 15.1 Å². The molecular formula is C17H15ClF2N4O2. The van der Waals surface area contributed by atoms with Crippen molar-refractivity contribution in [3.8, 4) is 0 Å². The lowest BCUT2D eigenvalue weighted by molar-refractivity contribution is 0.0673. The number of fused-ring (bicyclic) bond motifs is 1. The van der Waals surface area contributed by atoms with Gasteiger partial charge in [0.1, 0.15) is 22.8 Å². The van der Waals surface area contributed by atoms with Gasteiger partial charge in [0.25, 0.3) is 5.56 Å². The van der Waals surface area contributed by atoms with Crippen LogP contribution in [0.25, 0.3) is 11.0 Å². The minimum atomic E-state index is -0.723. The standard InChI is InChI=1S/C17H15ClF2N4O2/c18-15-10(12(19)1-2-13(15)20)7-14-22-16-11(17(25)23-14)8-21-24(16)9-3-5-26-6-4-9/h1-2,8-9H,3-7H2,(H,22,23,25). The highest BCUT2D eigenvalue weighted by Gasteiger charge is 2.21. The highest BCUT2D eigenvalue weighted by atomic mass is 35.5. The van der Waals surface area contributed by atoms with Gasteiger partial charge in [-0.25, -0.2) is 18.4 Å². The van der Waals surface area contributed by atoms with E-state index >= 15 is 0 Å². The molecule has 3 aromatic rings. The Balaban J connectivity index is 1.77. The number of hydrogen-bond acceptors (Lipinski definition) is 4. The summed E-state index contributed by atoms with van der Waals surface area (Å²) in [4.78, 5) is 19.4. The van der Waals surface area contributed by atoms with Crippen LogP contribution in [0.2, 0.25) is 5.02 Å². The fourth-order valence-corrected chi connectivity index (χ4v) is 3.38. The van der Waals surface area contributed by atoms with E-state index < -0.39 is 11.6 Å². The number of benzene rings is 1. The van der Waals surface area contributed by atoms with Gasteiger partial charge in [-0.15, -0.1) is 0 Å². The van der Waals surface area contributed by atoms with Crippen LogP contribution in [0, 0.1) is 11.6 Å². The lowest BCUT2D eigenvalue weighted by Crippen LogP contribution is -2.21. The molecule has 1 aliphatic heterocycles. The van der Waals surface area contributed by atoms with Crippen LogP contribution in [0.4, 0.5) is 8.78 Å². The zero-order chi connectivity index (χ0) is 18.3. The Morgan fingerprint density at radius 3 is 2.77 bits per heavy atom. The number of nitrogens with one attached hydrogen (secondary N) is 1. The SMILES string of the molecule is O=c1[nH]c(Cc2c(F)ccc(F)c2Cl)nc2c1cnn2C1CCOCC1. The van der Waals surface area contributed by atoms with Gasteiger partial charge in [-0.3, -0.25) is 4.79 Å². The first-order chi connectivity index (χ1) is 12.5. The van der Waals surface area contributed by atoms with Crippen molar-refractivity contribution < 1.29 is 13.5 Å². The van der Waals surface area contributed by atoms with Crippen molar-refractivity contribution in [3.63, 3.8) is 0 Å². The lowest BCUT2D eigenvalue weighted by Gasteiger charge is -2.22. The zero-order valence-electron chi connectivity index (χ0n) is 13.6. The second-order valence-corrected chi connectivity index (χ2v) is 6.56. The highest BCUT2D eigenvalue weighted by Crippen LogP contribution is 2.26. The van der Waals surface area contributed by atoms with Crippen LogP contribution in [0.1, 0.15) is 30.3 Å². The Hall–Kier alpha value is -2.32. The van der Waals surface area contributed by atoms with Crippen molar-refractivity contribution in [3.05, 3.63) is 56.7 Å². The Kier molecular flexibility index (Phi) is 4.46. The molecular weight excluding hydrogens is 366 g/mol. The topological polar surface area (TPSA) is 72.8 Å². The summed E-state index contributed by atoms with van der Waals surface area (Å²) in [5, 5.41) is 4.33. The molecule has 6 nitrogen and oxygen atoms in total. The van der Waals surface area contributed by atoms with Crippen molar-refractivity contribution in [2.75, 3.05) is 13.2 Å². The maximum atomic E-state index is 14.0. The van der Waals surface area contributed by atoms with Crippen LogP contribution < -0.4 is 5.56 Å². The molecule has 1 N–H and O–H groups in total. The van der Waals surface area contributed by atoms with E-state index in [0.29, 0.717) is 24.2 Å². The summed E-state index contributed by atoms with van der Waals surface area (Å²) in [7, 11) is 0. The third kappa shape index (κ3) is 2.99. The molecule has 0 atom stereocenters. The number of aromatic amines is 1. The molecule has 9 heteroatoms. The second kappa shape index (κ2) is 6.77. The van der Waals surface area contributed by atoms with Gasteiger partial charge in [0, 0.05) is 25.2 Å². The molecule has 1 fully saturated rings. The first-order valence-corrected chi connectivity index (χ1v) is 8.59. The van der Waals surface area contributed by atoms with E-state index in [1.807, 2.05) is 0 Å². The van der Waals surface area contributed by atoms with Crippen LogP contribution in [0.5, 0.6) is 0 Å². The molecule has 0 bridgehead atoms. The van der Waals surface area contributed by atoms with Gasteiger partial charge in [-0.2, -0.15) is 5.10 Å². The average molecular weight is 381 g/mol. The van der Waals surface area contributed by atoms with Gasteiger partial charge in [0.05, 0.1) is 17.3 Å². The van der Waals surface area contributed by atoms with Gasteiger partial charge < -0.3 is 9.72 Å². The van der Waals surface area contributed by atoms with E-state index in [-0.39, 0.29) is 34.4 Å². The molecule has 1 saturated heterocycles. The van der Waals surface area contributed by atoms with Gasteiger partial charge in [-0.05, 0) is 25.0 Å². The lowest BCUT2D eigenvalue weighted by atomic mass is 10.1. The largest absolute Gasteiger partial charge is 0.381 e. The molecule has 0 saturated carbocycles. The zero-order valence-corrected chi connectivity index (χ0v) is 14.4. The molecule has 0 radical (unpaired) electrons. The first-order valence-electron chi connectivity index (χ1n) is 8.21. The van der Waals surface area contributed by atoms with Crippen LogP contribution in [-0.2, 0) is 11.2 Å². The minimum absolute atomic E-state index is 0.0497. The predicted octanol–water partition coefficient (Wildman–Crippen LogP) is 2.99. The molecule has 4 rings (SSSR count). The van der Waals surface area contributed by atoms with E-state index in [1.165, 1.54) is 6.20 Å². The Bertz CT molecular complexity index is 1030. The van der Waals surface area contributed by atoms with Crippen molar-refractivity contribution in [1.82, 2.24) is 19.7 Å². The number of H-pyrrole nitrogens is 1. The maximum absolute atomic E-state index is 14.0. The Morgan fingerprint density at radius 2 is 2.00 bits per heavy atom. The average Bonchev–Trinajstić information content (AvgIpc) is 3.07. The van der Waals surface area contributed by atoms with Crippen molar-refractivity contribution in [2.24, 2.45) is 0 Å². The second-order valence-electron chi connectivity index (χ2n) is 6.18. The summed E-state index contributed by atoms with van der Waals surface area (Å²) in [5.74, 6) is -1.18. The van der Waals surface area contributed by atoms with E-state index in [9.17, 15) is 13.6 Å². The van der Waals surface area contributed by atoms with E-state index in [0.717, 1.165) is 25.0 Å². The Morgan fingerprint density at radius 1 is 1.27 bits per heavy atom. The third-order valence-electron chi connectivity index (χ3n) is 4.53. The molecule has 0 unspecified atom stereocenters. The summed E-state index contributed by atoms with van der Waals surface area (Å²) >= 11 is 5.87. The number of aromatic nitrogens is 4. The van der Waals surface area contributed by atoms with Crippen LogP contribution in [0.15, 0.2) is 23.1 Å². The minimum Gasteiger partial charge on any atom is -0.381 e. The molecule has 1 aliphatic rings. The highest BCUT2D eigenvalue weighted by molar-refractivity contribution is 6.31. The normalized spacial score (nSPS) is 15.7. The predicted molar refractivity (Wildman–Crippen MR) is 91.4 cm³/mol. The maximum Gasteiger partial charge on any atom is 0.262 e. The van der Waals surface area contributed by atoms with E-state index in [1.54, 1.807) is 4.68 Å². The Labute approximate surface area is 151 Å². The van der Waals surface area contributed by atoms with Crippen LogP contribution >= 0.6 is 11.6 Å². The van der Waals surface area contributed by atoms with Gasteiger partial charge in [0.2, 0.25) is 0 Å². The first kappa shape index (κ1) is 17.1. The molecule has 2 aromatic heterocycles. The molecule has 26 heavy (non-hydrogen) atoms. The van der Waals surface area contributed by atoms with Gasteiger partial charge >= 0.3 is 0 Å². The summed E-state index contributed by atoms with van der Waals surface area (Å²) < 4.78 is 34.7. The number of rotatable bonds is 3. The third-order valence-corrected chi connectivity index (χ3v) is 4.94. The molecule has 0 amide bonds. The fourth-order valence-electron chi connectivity index (χ4n) is 3.16. The molecule has 136 valence electrons. The molecule has 3 heterocycles.